The van der Waals surface area contributed by atoms with Crippen LogP contribution in [0.5, 0.6) is 5.75 Å². The highest BCUT2D eigenvalue weighted by Crippen LogP contribution is 2.37. The molecule has 0 fully saturated rings. The number of rotatable bonds is 3. The summed E-state index contributed by atoms with van der Waals surface area (Å²) >= 11 is 2.45. The first-order valence-corrected chi connectivity index (χ1v) is 9.42. The Hall–Kier alpha value is -2.90. The molecule has 5 rings (SSSR count). The Labute approximate surface area is 157 Å². The molecule has 0 atom stereocenters. The maximum atomic E-state index is 5.25. The summed E-state index contributed by atoms with van der Waals surface area (Å²) in [5.41, 5.74) is 7.82. The van der Waals surface area contributed by atoms with E-state index < -0.39 is 0 Å². The Morgan fingerprint density at radius 3 is 2.12 bits per heavy atom. The van der Waals surface area contributed by atoms with Gasteiger partial charge < -0.3 is 4.74 Å². The molecular weight excluding hydrogens is 364 g/mol. The van der Waals surface area contributed by atoms with Gasteiger partial charge in [-0.2, -0.15) is 17.5 Å². The molecule has 0 amide bonds. The first kappa shape index (κ1) is 15.4. The van der Waals surface area contributed by atoms with Crippen LogP contribution in [0.15, 0.2) is 54.6 Å². The molecule has 5 aromatic rings. The molecule has 26 heavy (non-hydrogen) atoms. The predicted octanol–water partition coefficient (Wildman–Crippen LogP) is 5.04. The fraction of sp³-hybridized carbons (Fsp3) is 0.0526. The Balaban J connectivity index is 1.72. The molecule has 7 heteroatoms. The fourth-order valence-electron chi connectivity index (χ4n) is 3.11. The van der Waals surface area contributed by atoms with Gasteiger partial charge in [-0.1, -0.05) is 36.4 Å². The van der Waals surface area contributed by atoms with Crippen LogP contribution in [-0.4, -0.2) is 24.6 Å². The van der Waals surface area contributed by atoms with Gasteiger partial charge in [0.15, 0.2) is 0 Å². The van der Waals surface area contributed by atoms with E-state index in [0.717, 1.165) is 50.1 Å². The van der Waals surface area contributed by atoms with Crippen molar-refractivity contribution in [2.75, 3.05) is 7.11 Å². The average molecular weight is 376 g/mol. The lowest BCUT2D eigenvalue weighted by Crippen LogP contribution is -1.87. The Kier molecular flexibility index (Phi) is 3.62. The molecule has 0 aliphatic heterocycles. The highest BCUT2D eigenvalue weighted by atomic mass is 32.1. The van der Waals surface area contributed by atoms with E-state index in [9.17, 15) is 0 Å². The van der Waals surface area contributed by atoms with Gasteiger partial charge in [0.2, 0.25) is 0 Å². The lowest BCUT2D eigenvalue weighted by molar-refractivity contribution is 0.415. The van der Waals surface area contributed by atoms with E-state index in [1.165, 1.54) is 23.5 Å². The van der Waals surface area contributed by atoms with Crippen molar-refractivity contribution in [1.29, 1.82) is 0 Å². The Bertz CT molecular complexity index is 1230. The molecule has 0 saturated carbocycles. The van der Waals surface area contributed by atoms with Crippen LogP contribution in [0.2, 0.25) is 0 Å². The molecule has 2 heterocycles. The SMILES string of the molecule is COc1ccc(-c2ccc(-c3cccc4nsnc34)c3nsnc23)cc1. The third kappa shape index (κ3) is 2.36. The second-order valence-electron chi connectivity index (χ2n) is 5.79. The van der Waals surface area contributed by atoms with Gasteiger partial charge in [-0.05, 0) is 23.8 Å². The summed E-state index contributed by atoms with van der Waals surface area (Å²) in [5.74, 6) is 0.834. The molecule has 0 radical (unpaired) electrons. The van der Waals surface area contributed by atoms with E-state index in [1.807, 2.05) is 36.4 Å². The van der Waals surface area contributed by atoms with Gasteiger partial charge in [0, 0.05) is 16.7 Å². The van der Waals surface area contributed by atoms with Crippen LogP contribution in [-0.2, 0) is 0 Å². The number of fused-ring (bicyclic) bond motifs is 2. The number of hydrogen-bond acceptors (Lipinski definition) is 7. The van der Waals surface area contributed by atoms with Crippen molar-refractivity contribution in [3.8, 4) is 28.0 Å². The molecule has 0 unspecified atom stereocenters. The average Bonchev–Trinajstić information content (AvgIpc) is 3.36. The molecule has 3 aromatic carbocycles. The third-order valence-electron chi connectivity index (χ3n) is 4.39. The summed E-state index contributed by atoms with van der Waals surface area (Å²) in [6.45, 7) is 0. The van der Waals surface area contributed by atoms with Crippen molar-refractivity contribution in [2.45, 2.75) is 0 Å². The second-order valence-corrected chi connectivity index (χ2v) is 6.85. The number of methoxy groups -OCH3 is 1. The zero-order chi connectivity index (χ0) is 17.5. The van der Waals surface area contributed by atoms with Crippen LogP contribution < -0.4 is 4.74 Å². The summed E-state index contributed by atoms with van der Waals surface area (Å²) in [5, 5.41) is 0. The van der Waals surface area contributed by atoms with Crippen LogP contribution in [0.4, 0.5) is 0 Å². The summed E-state index contributed by atoms with van der Waals surface area (Å²) in [7, 11) is 1.67. The standard InChI is InChI=1S/C19H12N4OS2/c1-24-12-7-5-11(6-8-12)13-9-10-15(19-18(13)22-26-23-19)14-3-2-4-16-17(14)21-25-20-16/h2-10H,1H3. The fourth-order valence-corrected chi connectivity index (χ4v) is 4.23. The highest BCUT2D eigenvalue weighted by Gasteiger charge is 2.16. The minimum atomic E-state index is 0.834. The van der Waals surface area contributed by atoms with E-state index >= 15 is 0 Å². The van der Waals surface area contributed by atoms with Crippen LogP contribution >= 0.6 is 23.5 Å². The molecule has 0 aliphatic carbocycles. The maximum Gasteiger partial charge on any atom is 0.118 e. The zero-order valence-electron chi connectivity index (χ0n) is 13.7. The van der Waals surface area contributed by atoms with Gasteiger partial charge >= 0.3 is 0 Å². The maximum absolute atomic E-state index is 5.25. The van der Waals surface area contributed by atoms with Gasteiger partial charge in [-0.25, -0.2) is 0 Å². The van der Waals surface area contributed by atoms with Gasteiger partial charge in [0.05, 0.1) is 30.6 Å². The highest BCUT2D eigenvalue weighted by molar-refractivity contribution is 7.00. The van der Waals surface area contributed by atoms with E-state index in [-0.39, 0.29) is 0 Å². The molecule has 0 saturated heterocycles. The number of ether oxygens (including phenoxy) is 1. The van der Waals surface area contributed by atoms with Crippen molar-refractivity contribution < 1.29 is 4.74 Å². The quantitative estimate of drug-likeness (QED) is 0.441. The third-order valence-corrected chi connectivity index (χ3v) is 5.46. The van der Waals surface area contributed by atoms with Crippen molar-refractivity contribution in [3.63, 3.8) is 0 Å². The van der Waals surface area contributed by atoms with Crippen molar-refractivity contribution in [2.24, 2.45) is 0 Å². The van der Waals surface area contributed by atoms with Crippen molar-refractivity contribution in [3.05, 3.63) is 54.6 Å². The minimum absolute atomic E-state index is 0.834. The second kappa shape index (κ2) is 6.12. The Morgan fingerprint density at radius 2 is 1.31 bits per heavy atom. The first-order valence-electron chi connectivity index (χ1n) is 7.96. The largest absolute Gasteiger partial charge is 0.497 e. The van der Waals surface area contributed by atoms with E-state index in [2.05, 4.69) is 35.7 Å². The van der Waals surface area contributed by atoms with Crippen molar-refractivity contribution in [1.82, 2.24) is 17.5 Å². The smallest absolute Gasteiger partial charge is 0.118 e. The monoisotopic (exact) mass is 376 g/mol. The predicted molar refractivity (Wildman–Crippen MR) is 106 cm³/mol. The van der Waals surface area contributed by atoms with E-state index in [0.29, 0.717) is 0 Å². The number of aromatic nitrogens is 4. The molecule has 0 bridgehead atoms. The summed E-state index contributed by atoms with van der Waals surface area (Å²) in [6, 6.07) is 18.2. The summed E-state index contributed by atoms with van der Waals surface area (Å²) < 4.78 is 23.2. The van der Waals surface area contributed by atoms with Gasteiger partial charge in [0.1, 0.15) is 27.8 Å². The van der Waals surface area contributed by atoms with Crippen LogP contribution in [0.1, 0.15) is 0 Å². The van der Waals surface area contributed by atoms with Gasteiger partial charge in [-0.15, -0.1) is 0 Å². The normalized spacial score (nSPS) is 11.3. The molecule has 0 spiro atoms. The molecule has 0 aliphatic rings. The molecular formula is C19H12N4OS2. The molecule has 126 valence electrons. The van der Waals surface area contributed by atoms with E-state index in [4.69, 9.17) is 4.74 Å². The Morgan fingerprint density at radius 1 is 0.654 bits per heavy atom. The van der Waals surface area contributed by atoms with Gasteiger partial charge in [-0.3, -0.25) is 0 Å². The van der Waals surface area contributed by atoms with Crippen molar-refractivity contribution >= 4 is 45.5 Å². The number of hydrogen-bond donors (Lipinski definition) is 0. The van der Waals surface area contributed by atoms with Crippen LogP contribution in [0.3, 0.4) is 0 Å². The van der Waals surface area contributed by atoms with Crippen LogP contribution in [0.25, 0.3) is 44.3 Å². The molecule has 0 N–H and O–H groups in total. The minimum Gasteiger partial charge on any atom is -0.497 e. The topological polar surface area (TPSA) is 60.8 Å². The first-order chi connectivity index (χ1) is 12.8. The lowest BCUT2D eigenvalue weighted by atomic mass is 9.97. The number of nitrogens with zero attached hydrogens (tertiary/aromatic N) is 4. The molecule has 2 aromatic heterocycles. The van der Waals surface area contributed by atoms with E-state index in [1.54, 1.807) is 7.11 Å². The molecule has 5 nitrogen and oxygen atoms in total. The van der Waals surface area contributed by atoms with Gasteiger partial charge in [0.25, 0.3) is 0 Å². The summed E-state index contributed by atoms with van der Waals surface area (Å²) in [6.07, 6.45) is 0. The number of benzene rings is 3. The zero-order valence-corrected chi connectivity index (χ0v) is 15.3. The summed E-state index contributed by atoms with van der Waals surface area (Å²) in [4.78, 5) is 0. The van der Waals surface area contributed by atoms with Crippen LogP contribution in [0, 0.1) is 0 Å². The lowest BCUT2D eigenvalue weighted by Gasteiger charge is -2.08.